The number of fused-ring (bicyclic) bond motifs is 4. The van der Waals surface area contributed by atoms with E-state index < -0.39 is 0 Å². The number of benzene rings is 12. The fourth-order valence-corrected chi connectivity index (χ4v) is 10.3. The van der Waals surface area contributed by atoms with Gasteiger partial charge in [-0.2, -0.15) is 0 Å². The Labute approximate surface area is 386 Å². The van der Waals surface area contributed by atoms with Crippen LogP contribution < -0.4 is 0 Å². The summed E-state index contributed by atoms with van der Waals surface area (Å²) < 4.78 is 0. The first-order valence-electron chi connectivity index (χ1n) is 22.8. The van der Waals surface area contributed by atoms with Crippen LogP contribution in [0.15, 0.2) is 255 Å². The van der Waals surface area contributed by atoms with Crippen molar-refractivity contribution < 1.29 is 0 Å². The maximum atomic E-state index is 2.36. The standard InChI is InChI=1S/C66H44/c1-3-22-47(23-4-1)63-55-32-9-11-34-57(55)65(58-35-12-10-33-56(58)63)52-29-19-27-50(44-52)49-26-17-20-45(42-49)40-41-46-21-18-28-51(43-46)53-30-7-8-31-54(53)66-61-38-15-13-36-59(61)64(48-24-5-2-6-25-48)60-37-14-16-39-62(60)66/h1-44H. The summed E-state index contributed by atoms with van der Waals surface area (Å²) in [6.07, 6.45) is 4.48. The third kappa shape index (κ3) is 6.97. The Hall–Kier alpha value is -8.58. The van der Waals surface area contributed by atoms with Gasteiger partial charge in [0, 0.05) is 0 Å². The maximum Gasteiger partial charge on any atom is -0.00201 e. The topological polar surface area (TPSA) is 0 Å². The fourth-order valence-electron chi connectivity index (χ4n) is 10.3. The molecule has 0 aliphatic carbocycles. The molecule has 66 heavy (non-hydrogen) atoms. The van der Waals surface area contributed by atoms with E-state index in [0.29, 0.717) is 0 Å². The third-order valence-electron chi connectivity index (χ3n) is 13.2. The highest BCUT2D eigenvalue weighted by Gasteiger charge is 2.20. The molecule has 0 bridgehead atoms. The van der Waals surface area contributed by atoms with Crippen LogP contribution in [0.3, 0.4) is 0 Å². The van der Waals surface area contributed by atoms with Gasteiger partial charge in [0.25, 0.3) is 0 Å². The van der Waals surface area contributed by atoms with Gasteiger partial charge in [-0.05, 0) is 139 Å². The Morgan fingerprint density at radius 3 is 0.955 bits per heavy atom. The van der Waals surface area contributed by atoms with Crippen LogP contribution in [0.1, 0.15) is 11.1 Å². The molecule has 0 saturated carbocycles. The van der Waals surface area contributed by atoms with Gasteiger partial charge in [-0.15, -0.1) is 0 Å². The van der Waals surface area contributed by atoms with Crippen LogP contribution in [0.2, 0.25) is 0 Å². The van der Waals surface area contributed by atoms with Crippen molar-refractivity contribution >= 4 is 55.2 Å². The number of hydrogen-bond donors (Lipinski definition) is 0. The van der Waals surface area contributed by atoms with Gasteiger partial charge in [-0.1, -0.05) is 249 Å². The van der Waals surface area contributed by atoms with Crippen molar-refractivity contribution in [3.8, 4) is 66.8 Å². The van der Waals surface area contributed by atoms with Gasteiger partial charge in [0.05, 0.1) is 0 Å². The Morgan fingerprint density at radius 1 is 0.182 bits per heavy atom. The highest BCUT2D eigenvalue weighted by Crippen LogP contribution is 2.47. The molecule has 0 aliphatic heterocycles. The van der Waals surface area contributed by atoms with Crippen molar-refractivity contribution in [1.82, 2.24) is 0 Å². The molecular weight excluding hydrogens is 793 g/mol. The van der Waals surface area contributed by atoms with E-state index in [4.69, 9.17) is 0 Å². The summed E-state index contributed by atoms with van der Waals surface area (Å²) in [5, 5.41) is 10.1. The molecule has 0 atom stereocenters. The molecule has 0 saturated heterocycles. The van der Waals surface area contributed by atoms with Gasteiger partial charge in [0.2, 0.25) is 0 Å². The van der Waals surface area contributed by atoms with E-state index in [1.54, 1.807) is 0 Å². The van der Waals surface area contributed by atoms with Crippen molar-refractivity contribution in [2.24, 2.45) is 0 Å². The molecule has 308 valence electrons. The highest BCUT2D eigenvalue weighted by molar-refractivity contribution is 6.23. The average Bonchev–Trinajstić information content (AvgIpc) is 3.39. The van der Waals surface area contributed by atoms with Gasteiger partial charge in [-0.3, -0.25) is 0 Å². The summed E-state index contributed by atoms with van der Waals surface area (Å²) in [5.74, 6) is 0. The van der Waals surface area contributed by atoms with E-state index in [2.05, 4.69) is 267 Å². The van der Waals surface area contributed by atoms with Crippen molar-refractivity contribution in [1.29, 1.82) is 0 Å². The van der Waals surface area contributed by atoms with Gasteiger partial charge in [0.1, 0.15) is 0 Å². The zero-order chi connectivity index (χ0) is 43.8. The average molecular weight is 837 g/mol. The van der Waals surface area contributed by atoms with Gasteiger partial charge >= 0.3 is 0 Å². The van der Waals surface area contributed by atoms with Crippen LogP contribution in [-0.2, 0) is 0 Å². The Morgan fingerprint density at radius 2 is 0.485 bits per heavy atom. The van der Waals surface area contributed by atoms with E-state index in [-0.39, 0.29) is 0 Å². The molecule has 0 spiro atoms. The Balaban J connectivity index is 0.900. The summed E-state index contributed by atoms with van der Waals surface area (Å²) in [5.41, 5.74) is 17.1. The van der Waals surface area contributed by atoms with Gasteiger partial charge in [-0.25, -0.2) is 0 Å². The zero-order valence-corrected chi connectivity index (χ0v) is 36.4. The van der Waals surface area contributed by atoms with Crippen molar-refractivity contribution in [3.05, 3.63) is 266 Å². The molecule has 12 aromatic carbocycles. The molecule has 0 aliphatic rings. The second-order valence-electron chi connectivity index (χ2n) is 17.1. The first-order valence-corrected chi connectivity index (χ1v) is 22.8. The lowest BCUT2D eigenvalue weighted by atomic mass is 9.84. The molecule has 0 heterocycles. The highest BCUT2D eigenvalue weighted by atomic mass is 14.2. The Kier molecular flexibility index (Phi) is 9.97. The summed E-state index contributed by atoms with van der Waals surface area (Å²) in [7, 11) is 0. The van der Waals surface area contributed by atoms with E-state index in [0.717, 1.165) is 11.1 Å². The molecule has 12 aromatic rings. The predicted octanol–water partition coefficient (Wildman–Crippen LogP) is 18.5. The van der Waals surface area contributed by atoms with Gasteiger partial charge in [0.15, 0.2) is 0 Å². The molecule has 0 fully saturated rings. The molecule has 0 unspecified atom stereocenters. The Bertz CT molecular complexity index is 3680. The second kappa shape index (κ2) is 16.8. The molecule has 12 rings (SSSR count). The molecule has 0 radical (unpaired) electrons. The smallest absolute Gasteiger partial charge is 0.00201 e. The predicted molar refractivity (Wildman–Crippen MR) is 284 cm³/mol. The van der Waals surface area contributed by atoms with Crippen LogP contribution in [0.4, 0.5) is 0 Å². The van der Waals surface area contributed by atoms with Crippen molar-refractivity contribution in [2.45, 2.75) is 0 Å². The lowest BCUT2D eigenvalue weighted by Gasteiger charge is -2.19. The van der Waals surface area contributed by atoms with Crippen LogP contribution in [-0.4, -0.2) is 0 Å². The van der Waals surface area contributed by atoms with E-state index in [9.17, 15) is 0 Å². The molecule has 0 N–H and O–H groups in total. The largest absolute Gasteiger partial charge is 0.0622 e. The minimum Gasteiger partial charge on any atom is -0.0622 e. The lowest BCUT2D eigenvalue weighted by molar-refractivity contribution is 1.58. The minimum atomic E-state index is 1.15. The van der Waals surface area contributed by atoms with Crippen LogP contribution in [0.25, 0.3) is 122 Å². The lowest BCUT2D eigenvalue weighted by Crippen LogP contribution is -1.92. The first-order chi connectivity index (χ1) is 32.8. The summed E-state index contributed by atoms with van der Waals surface area (Å²) in [6.45, 7) is 0. The number of rotatable bonds is 8. The summed E-state index contributed by atoms with van der Waals surface area (Å²) in [6, 6.07) is 93.0. The minimum absolute atomic E-state index is 1.15. The molecule has 0 nitrogen and oxygen atoms in total. The monoisotopic (exact) mass is 836 g/mol. The van der Waals surface area contributed by atoms with Crippen molar-refractivity contribution in [3.63, 3.8) is 0 Å². The molecular formula is C66H44. The molecule has 0 heteroatoms. The normalized spacial score (nSPS) is 11.6. The molecule has 0 amide bonds. The van der Waals surface area contributed by atoms with E-state index in [1.165, 1.54) is 110 Å². The zero-order valence-electron chi connectivity index (χ0n) is 36.4. The summed E-state index contributed by atoms with van der Waals surface area (Å²) >= 11 is 0. The third-order valence-corrected chi connectivity index (χ3v) is 13.2. The SMILES string of the molecule is C(=Cc1cccc(-c2ccccc2-c2c3ccccc3c(-c3ccccc3)c3ccccc23)c1)c1cccc(-c2cccc(-c3c4ccccc4c(-c4ccccc4)c4ccccc34)c2)c1. The van der Waals surface area contributed by atoms with Crippen LogP contribution in [0, 0.1) is 0 Å². The second-order valence-corrected chi connectivity index (χ2v) is 17.1. The van der Waals surface area contributed by atoms with E-state index in [1.807, 2.05) is 0 Å². The molecule has 0 aromatic heterocycles. The van der Waals surface area contributed by atoms with Gasteiger partial charge < -0.3 is 0 Å². The fraction of sp³-hybridized carbons (Fsp3) is 0. The van der Waals surface area contributed by atoms with Crippen molar-refractivity contribution in [2.75, 3.05) is 0 Å². The van der Waals surface area contributed by atoms with Crippen LogP contribution in [0.5, 0.6) is 0 Å². The maximum absolute atomic E-state index is 2.36. The quantitative estimate of drug-likeness (QED) is 0.106. The van der Waals surface area contributed by atoms with E-state index >= 15 is 0 Å². The summed E-state index contributed by atoms with van der Waals surface area (Å²) in [4.78, 5) is 0. The number of hydrogen-bond acceptors (Lipinski definition) is 0. The van der Waals surface area contributed by atoms with Crippen LogP contribution >= 0.6 is 0 Å². The first kappa shape index (κ1) is 39.0.